The Balaban J connectivity index is 1.05. The molecule has 0 fully saturated rings. The molecule has 0 aliphatic rings. The molecule has 0 saturated heterocycles. The molecule has 0 unspecified atom stereocenters. The third-order valence-corrected chi connectivity index (χ3v) is 13.6. The molecule has 0 aliphatic heterocycles. The fourth-order valence-electron chi connectivity index (χ4n) is 9.60. The molecule has 0 bridgehead atoms. The van der Waals surface area contributed by atoms with Gasteiger partial charge < -0.3 is 9.47 Å². The third kappa shape index (κ3) is 6.33. The summed E-state index contributed by atoms with van der Waals surface area (Å²) in [6, 6.07) is 88.4. The van der Waals surface area contributed by atoms with E-state index in [0.717, 1.165) is 28.3 Å². The highest BCUT2D eigenvalue weighted by Crippen LogP contribution is 2.47. The molecule has 0 radical (unpaired) electrons. The Hall–Kier alpha value is -7.98. The van der Waals surface area contributed by atoms with Gasteiger partial charge in [-0.2, -0.15) is 0 Å². The van der Waals surface area contributed by atoms with Crippen molar-refractivity contribution in [3.63, 3.8) is 0 Å². The van der Waals surface area contributed by atoms with Crippen LogP contribution in [-0.2, 0) is 0 Å². The van der Waals surface area contributed by atoms with Gasteiger partial charge in [0.15, 0.2) is 0 Å². The van der Waals surface area contributed by atoms with E-state index in [0.29, 0.717) is 0 Å². The topological polar surface area (TPSA) is 8.17 Å². The minimum atomic E-state index is 1.09. The van der Waals surface area contributed by atoms with E-state index in [2.05, 4.69) is 252 Å². The van der Waals surface area contributed by atoms with Crippen LogP contribution in [0.5, 0.6) is 0 Å². The van der Waals surface area contributed by atoms with Crippen LogP contribution >= 0.6 is 11.3 Å². The molecule has 296 valence electrons. The largest absolute Gasteiger partial charge is 0.310 e. The van der Waals surface area contributed by atoms with E-state index in [9.17, 15) is 0 Å². The van der Waals surface area contributed by atoms with E-state index in [4.69, 9.17) is 0 Å². The van der Waals surface area contributed by atoms with E-state index >= 15 is 0 Å². The molecule has 2 aromatic heterocycles. The lowest BCUT2D eigenvalue weighted by Gasteiger charge is -2.29. The summed E-state index contributed by atoms with van der Waals surface area (Å²) in [6.45, 7) is 0. The smallest absolute Gasteiger partial charge is 0.0619 e. The fourth-order valence-corrected chi connectivity index (χ4v) is 10.7. The average molecular weight is 821 g/mol. The summed E-state index contributed by atoms with van der Waals surface area (Å²) in [4.78, 5) is 2.45. The Morgan fingerprint density at radius 2 is 0.841 bits per heavy atom. The first-order valence-corrected chi connectivity index (χ1v) is 22.3. The molecule has 2 heterocycles. The van der Waals surface area contributed by atoms with Crippen molar-refractivity contribution in [1.29, 1.82) is 0 Å². The summed E-state index contributed by atoms with van der Waals surface area (Å²) in [5.74, 6) is 0. The van der Waals surface area contributed by atoms with Crippen LogP contribution in [0.25, 0.3) is 92.2 Å². The van der Waals surface area contributed by atoms with Gasteiger partial charge in [-0.15, -0.1) is 11.3 Å². The minimum Gasteiger partial charge on any atom is -0.310 e. The number of aromatic nitrogens is 1. The number of hydrogen-bond acceptors (Lipinski definition) is 2. The molecular formula is C60H40N2S. The number of rotatable bonds is 8. The molecule has 0 atom stereocenters. The maximum atomic E-state index is 2.45. The second-order valence-corrected chi connectivity index (χ2v) is 17.1. The second kappa shape index (κ2) is 15.5. The van der Waals surface area contributed by atoms with Crippen LogP contribution in [0.1, 0.15) is 0 Å². The minimum absolute atomic E-state index is 1.09. The van der Waals surface area contributed by atoms with Crippen LogP contribution in [0.2, 0.25) is 0 Å². The zero-order valence-corrected chi connectivity index (χ0v) is 35.2. The van der Waals surface area contributed by atoms with Gasteiger partial charge in [-0.3, -0.25) is 0 Å². The highest BCUT2D eigenvalue weighted by molar-refractivity contribution is 7.25. The Bertz CT molecular complexity index is 3620. The van der Waals surface area contributed by atoms with Crippen molar-refractivity contribution in [3.8, 4) is 50.2 Å². The number of fused-ring (bicyclic) bond motifs is 6. The molecule has 0 aliphatic carbocycles. The lowest BCUT2D eigenvalue weighted by atomic mass is 9.88. The molecule has 0 saturated carbocycles. The summed E-state index contributed by atoms with van der Waals surface area (Å²) < 4.78 is 4.99. The third-order valence-electron chi connectivity index (χ3n) is 12.4. The molecule has 0 N–H and O–H groups in total. The standard InChI is InChI=1S/C60H40N2S/c1-3-18-41(19-4-1)46-22-7-8-23-48(46)49-24-9-10-25-50(49)51-26-11-14-31-56(51)61(45-38-39-54-53-28-13-16-33-58(53)63-59(54)40-45)44-36-34-42(35-37-44)47-29-17-30-55-52-27-12-15-32-57(52)62(60(47)55)43-20-5-2-6-21-43/h1-40H. The van der Waals surface area contributed by atoms with Gasteiger partial charge in [0.1, 0.15) is 0 Å². The normalized spacial score (nSPS) is 11.5. The molecule has 3 heteroatoms. The molecule has 63 heavy (non-hydrogen) atoms. The van der Waals surface area contributed by atoms with Gasteiger partial charge in [0, 0.05) is 59.1 Å². The van der Waals surface area contributed by atoms with Crippen LogP contribution in [0.15, 0.2) is 243 Å². The van der Waals surface area contributed by atoms with Crippen molar-refractivity contribution in [2.24, 2.45) is 0 Å². The molecule has 12 rings (SSSR count). The quantitative estimate of drug-likeness (QED) is 0.148. The summed E-state index contributed by atoms with van der Waals surface area (Å²) in [5, 5.41) is 5.08. The number of benzene rings is 10. The zero-order chi connectivity index (χ0) is 41.7. The van der Waals surface area contributed by atoms with Crippen LogP contribution in [-0.4, -0.2) is 4.57 Å². The summed E-state index contributed by atoms with van der Waals surface area (Å²) in [6.07, 6.45) is 0. The monoisotopic (exact) mass is 820 g/mol. The number of para-hydroxylation sites is 4. The van der Waals surface area contributed by atoms with Crippen LogP contribution in [0.4, 0.5) is 17.1 Å². The van der Waals surface area contributed by atoms with E-state index in [1.54, 1.807) is 0 Å². The zero-order valence-electron chi connectivity index (χ0n) is 34.4. The van der Waals surface area contributed by atoms with Crippen molar-refractivity contribution in [1.82, 2.24) is 4.57 Å². The maximum Gasteiger partial charge on any atom is 0.0619 e. The van der Waals surface area contributed by atoms with Gasteiger partial charge in [0.25, 0.3) is 0 Å². The predicted molar refractivity (Wildman–Crippen MR) is 270 cm³/mol. The van der Waals surface area contributed by atoms with E-state index in [1.807, 2.05) is 11.3 Å². The first kappa shape index (κ1) is 36.8. The molecule has 2 nitrogen and oxygen atoms in total. The van der Waals surface area contributed by atoms with Crippen molar-refractivity contribution in [3.05, 3.63) is 243 Å². The van der Waals surface area contributed by atoms with Gasteiger partial charge >= 0.3 is 0 Å². The van der Waals surface area contributed by atoms with Crippen LogP contribution < -0.4 is 4.90 Å². The van der Waals surface area contributed by atoms with Crippen LogP contribution in [0, 0.1) is 0 Å². The molecule has 0 spiro atoms. The summed E-state index contributed by atoms with van der Waals surface area (Å²) in [5.41, 5.74) is 16.4. The van der Waals surface area contributed by atoms with Gasteiger partial charge in [0.2, 0.25) is 0 Å². The molecule has 10 aromatic carbocycles. The Morgan fingerprint density at radius 1 is 0.317 bits per heavy atom. The number of hydrogen-bond donors (Lipinski definition) is 0. The SMILES string of the molecule is c1ccc(-c2ccccc2-c2ccccc2-c2ccccc2N(c2ccc(-c3cccc4c5ccccc5n(-c5ccccc5)c34)cc2)c2ccc3c(c2)sc2ccccc23)cc1. The highest BCUT2D eigenvalue weighted by Gasteiger charge is 2.22. The van der Waals surface area contributed by atoms with Crippen LogP contribution in [0.3, 0.4) is 0 Å². The summed E-state index contributed by atoms with van der Waals surface area (Å²) >= 11 is 1.86. The van der Waals surface area contributed by atoms with Crippen molar-refractivity contribution in [2.75, 3.05) is 4.90 Å². The molecule has 0 amide bonds. The Kier molecular flexibility index (Phi) is 9.06. The Labute approximate surface area is 370 Å². The lowest BCUT2D eigenvalue weighted by molar-refractivity contribution is 1.18. The molecule has 12 aromatic rings. The number of anilines is 3. The van der Waals surface area contributed by atoms with Crippen molar-refractivity contribution >= 4 is 70.4 Å². The predicted octanol–water partition coefficient (Wildman–Crippen LogP) is 17.3. The fraction of sp³-hybridized carbons (Fsp3) is 0. The van der Waals surface area contributed by atoms with Gasteiger partial charge in [0.05, 0.1) is 16.7 Å². The van der Waals surface area contributed by atoms with E-state index < -0.39 is 0 Å². The van der Waals surface area contributed by atoms with Crippen molar-refractivity contribution < 1.29 is 0 Å². The first-order valence-electron chi connectivity index (χ1n) is 21.5. The average Bonchev–Trinajstić information content (AvgIpc) is 3.91. The van der Waals surface area contributed by atoms with E-state index in [-0.39, 0.29) is 0 Å². The molecular weight excluding hydrogens is 781 g/mol. The van der Waals surface area contributed by atoms with Crippen molar-refractivity contribution in [2.45, 2.75) is 0 Å². The first-order chi connectivity index (χ1) is 31.3. The Morgan fingerprint density at radius 3 is 1.62 bits per heavy atom. The van der Waals surface area contributed by atoms with Gasteiger partial charge in [-0.25, -0.2) is 0 Å². The van der Waals surface area contributed by atoms with Gasteiger partial charge in [-0.05, 0) is 88.0 Å². The second-order valence-electron chi connectivity index (χ2n) is 16.0. The van der Waals surface area contributed by atoms with E-state index in [1.165, 1.54) is 80.9 Å². The number of nitrogens with zero attached hydrogens (tertiary/aromatic N) is 2. The maximum absolute atomic E-state index is 2.45. The lowest BCUT2D eigenvalue weighted by Crippen LogP contribution is -2.11. The highest BCUT2D eigenvalue weighted by atomic mass is 32.1. The van der Waals surface area contributed by atoms with Gasteiger partial charge in [-0.1, -0.05) is 188 Å². The summed E-state index contributed by atoms with van der Waals surface area (Å²) in [7, 11) is 0. The number of thiophene rings is 1.